The van der Waals surface area contributed by atoms with E-state index in [1.54, 1.807) is 25.1 Å². The highest BCUT2D eigenvalue weighted by Gasteiger charge is 2.07. The Hall–Kier alpha value is -2.36. The van der Waals surface area contributed by atoms with E-state index in [2.05, 4.69) is 0 Å². The van der Waals surface area contributed by atoms with Gasteiger partial charge in [0.05, 0.1) is 0 Å². The van der Waals surface area contributed by atoms with Gasteiger partial charge in [-0.15, -0.1) is 0 Å². The summed E-state index contributed by atoms with van der Waals surface area (Å²) in [6.07, 6.45) is 2.37. The van der Waals surface area contributed by atoms with Gasteiger partial charge in [0, 0.05) is 11.6 Å². The predicted molar refractivity (Wildman–Crippen MR) is 65.5 cm³/mol. The Morgan fingerprint density at radius 1 is 1.33 bits per heavy atom. The number of hydrogen-bond donors (Lipinski definition) is 1. The number of aliphatic carboxylic acids is 1. The zero-order valence-corrected chi connectivity index (χ0v) is 9.68. The molecule has 0 aliphatic carbocycles. The molecule has 0 fully saturated rings. The molecule has 1 aromatic heterocycles. The Morgan fingerprint density at radius 3 is 2.78 bits per heavy atom. The third-order valence-electron chi connectivity index (χ3n) is 2.47. The van der Waals surface area contributed by atoms with Crippen LogP contribution < -0.4 is 0 Å². The van der Waals surface area contributed by atoms with Gasteiger partial charge in [-0.2, -0.15) is 0 Å². The largest absolute Gasteiger partial charge is 0.478 e. The van der Waals surface area contributed by atoms with Gasteiger partial charge in [-0.25, -0.2) is 9.18 Å². The maximum atomic E-state index is 13.0. The van der Waals surface area contributed by atoms with E-state index in [9.17, 15) is 9.18 Å². The molecule has 18 heavy (non-hydrogen) atoms. The summed E-state index contributed by atoms with van der Waals surface area (Å²) in [5, 5.41) is 8.50. The number of halogens is 1. The van der Waals surface area contributed by atoms with Gasteiger partial charge in [-0.3, -0.25) is 0 Å². The van der Waals surface area contributed by atoms with Crippen LogP contribution >= 0.6 is 0 Å². The molecule has 0 atom stereocenters. The van der Waals surface area contributed by atoms with Crippen LogP contribution in [-0.2, 0) is 4.79 Å². The first-order chi connectivity index (χ1) is 8.56. The van der Waals surface area contributed by atoms with Crippen molar-refractivity contribution >= 4 is 12.0 Å². The molecule has 3 nitrogen and oxygen atoms in total. The monoisotopic (exact) mass is 246 g/mol. The van der Waals surface area contributed by atoms with Crippen molar-refractivity contribution in [3.05, 3.63) is 53.5 Å². The van der Waals surface area contributed by atoms with E-state index in [0.29, 0.717) is 11.5 Å². The summed E-state index contributed by atoms with van der Waals surface area (Å²) in [7, 11) is 0. The van der Waals surface area contributed by atoms with Crippen molar-refractivity contribution in [2.75, 3.05) is 0 Å². The summed E-state index contributed by atoms with van der Waals surface area (Å²) in [6, 6.07) is 7.80. The average molecular weight is 246 g/mol. The number of rotatable bonds is 3. The minimum Gasteiger partial charge on any atom is -0.478 e. The van der Waals surface area contributed by atoms with Crippen LogP contribution in [0.15, 0.2) is 40.8 Å². The first-order valence-electron chi connectivity index (χ1n) is 5.33. The van der Waals surface area contributed by atoms with E-state index >= 15 is 0 Å². The molecule has 4 heteroatoms. The predicted octanol–water partition coefficient (Wildman–Crippen LogP) is 3.49. The highest BCUT2D eigenvalue weighted by atomic mass is 19.1. The van der Waals surface area contributed by atoms with Gasteiger partial charge in [-0.1, -0.05) is 0 Å². The molecule has 0 spiro atoms. The van der Waals surface area contributed by atoms with E-state index < -0.39 is 5.97 Å². The molecule has 0 bridgehead atoms. The lowest BCUT2D eigenvalue weighted by Crippen LogP contribution is -1.85. The van der Waals surface area contributed by atoms with Crippen LogP contribution in [0.2, 0.25) is 0 Å². The highest BCUT2D eigenvalue weighted by molar-refractivity contribution is 5.84. The number of carboxylic acids is 1. The Morgan fingerprint density at radius 2 is 2.11 bits per heavy atom. The zero-order valence-electron chi connectivity index (χ0n) is 9.68. The lowest BCUT2D eigenvalue weighted by molar-refractivity contribution is -0.131. The van der Waals surface area contributed by atoms with Crippen molar-refractivity contribution < 1.29 is 18.7 Å². The standard InChI is InChI=1S/C14H11FO3/c1-9-8-10(15)2-5-12(9)13-6-3-11(18-13)4-7-14(16)17/h2-8H,1H3,(H,16,17)/b7-4+. The molecule has 0 amide bonds. The van der Waals surface area contributed by atoms with Crippen LogP contribution in [0.3, 0.4) is 0 Å². The molecule has 92 valence electrons. The van der Waals surface area contributed by atoms with Crippen LogP contribution in [0.1, 0.15) is 11.3 Å². The van der Waals surface area contributed by atoms with Gasteiger partial charge in [0.1, 0.15) is 17.3 Å². The van der Waals surface area contributed by atoms with Gasteiger partial charge >= 0.3 is 5.97 Å². The fourth-order valence-corrected chi connectivity index (χ4v) is 1.64. The molecule has 0 aliphatic rings. The van der Waals surface area contributed by atoms with Gasteiger partial charge < -0.3 is 9.52 Å². The summed E-state index contributed by atoms with van der Waals surface area (Å²) < 4.78 is 18.4. The number of carboxylic acid groups (broad SMARTS) is 1. The highest BCUT2D eigenvalue weighted by Crippen LogP contribution is 2.26. The van der Waals surface area contributed by atoms with Crippen LogP contribution in [0, 0.1) is 12.7 Å². The smallest absolute Gasteiger partial charge is 0.328 e. The maximum Gasteiger partial charge on any atom is 0.328 e. The second-order valence-corrected chi connectivity index (χ2v) is 3.83. The summed E-state index contributed by atoms with van der Waals surface area (Å²) in [4.78, 5) is 10.4. The number of hydrogen-bond acceptors (Lipinski definition) is 2. The topological polar surface area (TPSA) is 50.4 Å². The number of carbonyl (C=O) groups is 1. The van der Waals surface area contributed by atoms with E-state index in [0.717, 1.165) is 17.2 Å². The Bertz CT molecular complexity index is 611. The Labute approximate surface area is 103 Å². The quantitative estimate of drug-likeness (QED) is 0.843. The molecular formula is C14H11FO3. The zero-order chi connectivity index (χ0) is 13.1. The second kappa shape index (κ2) is 4.87. The molecule has 1 aromatic carbocycles. The van der Waals surface area contributed by atoms with E-state index in [4.69, 9.17) is 9.52 Å². The van der Waals surface area contributed by atoms with Crippen molar-refractivity contribution in [3.8, 4) is 11.3 Å². The molecule has 2 rings (SSSR count). The fourth-order valence-electron chi connectivity index (χ4n) is 1.64. The van der Waals surface area contributed by atoms with Crippen LogP contribution in [0.25, 0.3) is 17.4 Å². The molecule has 2 aromatic rings. The third-order valence-corrected chi connectivity index (χ3v) is 2.47. The van der Waals surface area contributed by atoms with Gasteiger partial charge in [-0.05, 0) is 48.9 Å². The Balaban J connectivity index is 2.32. The van der Waals surface area contributed by atoms with Crippen LogP contribution in [-0.4, -0.2) is 11.1 Å². The summed E-state index contributed by atoms with van der Waals surface area (Å²) in [5.74, 6) is -0.312. The Kier molecular flexibility index (Phi) is 3.28. The first kappa shape index (κ1) is 12.1. The summed E-state index contributed by atoms with van der Waals surface area (Å²) >= 11 is 0. The molecule has 0 aliphatic heterocycles. The van der Waals surface area contributed by atoms with Crippen LogP contribution in [0.5, 0.6) is 0 Å². The van der Waals surface area contributed by atoms with Crippen LogP contribution in [0.4, 0.5) is 4.39 Å². The molecule has 0 saturated carbocycles. The SMILES string of the molecule is Cc1cc(F)ccc1-c1ccc(/C=C/C(=O)O)o1. The average Bonchev–Trinajstić information content (AvgIpc) is 2.75. The molecule has 1 N–H and O–H groups in total. The fraction of sp³-hybridized carbons (Fsp3) is 0.0714. The summed E-state index contributed by atoms with van der Waals surface area (Å²) in [6.45, 7) is 1.79. The molecular weight excluding hydrogens is 235 g/mol. The van der Waals surface area contributed by atoms with Crippen molar-refractivity contribution in [1.29, 1.82) is 0 Å². The molecule has 0 unspecified atom stereocenters. The first-order valence-corrected chi connectivity index (χ1v) is 5.33. The number of aryl methyl sites for hydroxylation is 1. The normalized spacial score (nSPS) is 11.0. The van der Waals surface area contributed by atoms with Crippen molar-refractivity contribution in [2.24, 2.45) is 0 Å². The second-order valence-electron chi connectivity index (χ2n) is 3.83. The minimum atomic E-state index is -1.04. The van der Waals surface area contributed by atoms with Crippen molar-refractivity contribution in [3.63, 3.8) is 0 Å². The van der Waals surface area contributed by atoms with Gasteiger partial charge in [0.25, 0.3) is 0 Å². The maximum absolute atomic E-state index is 13.0. The lowest BCUT2D eigenvalue weighted by atomic mass is 10.1. The number of benzene rings is 1. The van der Waals surface area contributed by atoms with Gasteiger partial charge in [0.2, 0.25) is 0 Å². The molecule has 0 radical (unpaired) electrons. The molecule has 1 heterocycles. The number of furan rings is 1. The van der Waals surface area contributed by atoms with Gasteiger partial charge in [0.15, 0.2) is 0 Å². The lowest BCUT2D eigenvalue weighted by Gasteiger charge is -2.01. The summed E-state index contributed by atoms with van der Waals surface area (Å²) in [5.41, 5.74) is 1.55. The van der Waals surface area contributed by atoms with E-state index in [-0.39, 0.29) is 5.82 Å². The van der Waals surface area contributed by atoms with Crippen molar-refractivity contribution in [2.45, 2.75) is 6.92 Å². The minimum absolute atomic E-state index is 0.297. The van der Waals surface area contributed by atoms with Crippen molar-refractivity contribution in [1.82, 2.24) is 0 Å². The molecule has 0 saturated heterocycles. The third kappa shape index (κ3) is 2.66. The van der Waals surface area contributed by atoms with E-state index in [1.807, 2.05) is 0 Å². The van der Waals surface area contributed by atoms with E-state index in [1.165, 1.54) is 18.2 Å².